The number of hydrogen-bond donors (Lipinski definition) is 1. The lowest BCUT2D eigenvalue weighted by atomic mass is 10.1. The molecule has 1 saturated heterocycles. The maximum absolute atomic E-state index is 6.39. The molecular formula is C34H45ClN4OS. The second-order valence-electron chi connectivity index (χ2n) is 11.4. The minimum Gasteiger partial charge on any atom is -0.492 e. The molecule has 0 spiro atoms. The number of nitrogens with one attached hydrogen (secondary N) is 1. The van der Waals surface area contributed by atoms with Crippen molar-refractivity contribution in [2.24, 2.45) is 0 Å². The van der Waals surface area contributed by atoms with Gasteiger partial charge in [0, 0.05) is 60.1 Å². The van der Waals surface area contributed by atoms with E-state index in [4.69, 9.17) is 16.3 Å². The van der Waals surface area contributed by atoms with E-state index in [1.165, 1.54) is 39.6 Å². The van der Waals surface area contributed by atoms with Gasteiger partial charge in [-0.3, -0.25) is 4.90 Å². The monoisotopic (exact) mass is 592 g/mol. The zero-order valence-electron chi connectivity index (χ0n) is 24.7. The SMILES string of the molecule is CC(C)NCCCCc1ccc(OCCN2CCN(CCCN3c4ccccc4Sc4ccc(Cl)cc43)CC2)cc1. The van der Waals surface area contributed by atoms with Crippen molar-refractivity contribution < 1.29 is 4.74 Å². The lowest BCUT2D eigenvalue weighted by molar-refractivity contribution is 0.116. The van der Waals surface area contributed by atoms with E-state index in [1.807, 2.05) is 17.8 Å². The standard InChI is InChI=1S/C34H45ClN4OS/c1-27(2)36-17-6-5-8-28-11-14-30(15-12-28)40-25-24-38-22-20-37(21-23-38)18-7-19-39-31-9-3-4-10-33(31)41-34-16-13-29(35)26-32(34)39/h3-4,9-16,26-27,36H,5-8,17-25H2,1-2H3. The first kappa shape index (κ1) is 30.2. The lowest BCUT2D eigenvalue weighted by Crippen LogP contribution is -2.47. The Kier molecular flexibility index (Phi) is 11.3. The van der Waals surface area contributed by atoms with Crippen LogP contribution in [0.15, 0.2) is 76.5 Å². The molecule has 0 unspecified atom stereocenters. The Bertz CT molecular complexity index is 1230. The topological polar surface area (TPSA) is 31.0 Å². The van der Waals surface area contributed by atoms with Crippen molar-refractivity contribution in [1.82, 2.24) is 15.1 Å². The smallest absolute Gasteiger partial charge is 0.119 e. The van der Waals surface area contributed by atoms with Gasteiger partial charge in [0.25, 0.3) is 0 Å². The number of piperazine rings is 1. The van der Waals surface area contributed by atoms with E-state index in [1.54, 1.807) is 0 Å². The fraction of sp³-hybridized carbons (Fsp3) is 0.471. The van der Waals surface area contributed by atoms with Gasteiger partial charge in [-0.05, 0) is 86.8 Å². The van der Waals surface area contributed by atoms with Gasteiger partial charge in [0.15, 0.2) is 0 Å². The fourth-order valence-electron chi connectivity index (χ4n) is 5.62. The molecule has 2 aliphatic heterocycles. The molecule has 0 aromatic heterocycles. The van der Waals surface area contributed by atoms with Crippen LogP contribution in [0.5, 0.6) is 5.75 Å². The normalized spacial score (nSPS) is 15.7. The highest BCUT2D eigenvalue weighted by molar-refractivity contribution is 7.99. The number of halogens is 1. The van der Waals surface area contributed by atoms with Gasteiger partial charge >= 0.3 is 0 Å². The third kappa shape index (κ3) is 8.89. The quantitative estimate of drug-likeness (QED) is 0.197. The second kappa shape index (κ2) is 15.3. The van der Waals surface area contributed by atoms with Crippen LogP contribution in [-0.4, -0.2) is 74.8 Å². The van der Waals surface area contributed by atoms with Crippen molar-refractivity contribution in [3.63, 3.8) is 0 Å². The number of para-hydroxylation sites is 1. The van der Waals surface area contributed by atoms with E-state index in [0.29, 0.717) is 6.04 Å². The van der Waals surface area contributed by atoms with Gasteiger partial charge in [-0.1, -0.05) is 61.5 Å². The number of unbranched alkanes of at least 4 members (excludes halogenated alkanes) is 1. The number of ether oxygens (including phenoxy) is 1. The summed E-state index contributed by atoms with van der Waals surface area (Å²) in [5.41, 5.74) is 3.92. The predicted molar refractivity (Wildman–Crippen MR) is 175 cm³/mol. The van der Waals surface area contributed by atoms with Gasteiger partial charge in [0.2, 0.25) is 0 Å². The van der Waals surface area contributed by atoms with Crippen LogP contribution in [0.1, 0.15) is 38.7 Å². The molecular weight excluding hydrogens is 548 g/mol. The molecule has 3 aromatic carbocycles. The molecule has 0 amide bonds. The summed E-state index contributed by atoms with van der Waals surface area (Å²) in [6.45, 7) is 13.8. The summed E-state index contributed by atoms with van der Waals surface area (Å²) in [5, 5.41) is 4.29. The highest BCUT2D eigenvalue weighted by atomic mass is 35.5. The van der Waals surface area contributed by atoms with E-state index in [2.05, 4.69) is 94.5 Å². The van der Waals surface area contributed by atoms with Crippen LogP contribution in [0, 0.1) is 0 Å². The van der Waals surface area contributed by atoms with Crippen molar-refractivity contribution in [3.05, 3.63) is 77.3 Å². The summed E-state index contributed by atoms with van der Waals surface area (Å²) in [6, 6.07) is 24.2. The van der Waals surface area contributed by atoms with Crippen molar-refractivity contribution in [1.29, 1.82) is 0 Å². The molecule has 1 N–H and O–H groups in total. The Balaban J connectivity index is 0.988. The average Bonchev–Trinajstić information content (AvgIpc) is 2.98. The summed E-state index contributed by atoms with van der Waals surface area (Å²) in [4.78, 5) is 10.2. The Morgan fingerprint density at radius 3 is 2.32 bits per heavy atom. The third-order valence-corrected chi connectivity index (χ3v) is 9.32. The average molecular weight is 593 g/mol. The minimum atomic E-state index is 0.573. The third-order valence-electron chi connectivity index (χ3n) is 7.95. The van der Waals surface area contributed by atoms with E-state index < -0.39 is 0 Å². The Hall–Kier alpha value is -2.22. The number of aryl methyl sites for hydroxylation is 1. The first-order valence-electron chi connectivity index (χ1n) is 15.3. The number of benzene rings is 3. The maximum Gasteiger partial charge on any atom is 0.119 e. The summed E-state index contributed by atoms with van der Waals surface area (Å²) in [7, 11) is 0. The zero-order valence-corrected chi connectivity index (χ0v) is 26.2. The van der Waals surface area contributed by atoms with Gasteiger partial charge in [-0.2, -0.15) is 0 Å². The van der Waals surface area contributed by atoms with Crippen LogP contribution in [-0.2, 0) is 6.42 Å². The largest absolute Gasteiger partial charge is 0.492 e. The molecule has 41 heavy (non-hydrogen) atoms. The van der Waals surface area contributed by atoms with Gasteiger partial charge < -0.3 is 19.9 Å². The molecule has 2 heterocycles. The van der Waals surface area contributed by atoms with Crippen molar-refractivity contribution in [3.8, 4) is 5.75 Å². The van der Waals surface area contributed by atoms with Crippen LogP contribution < -0.4 is 15.0 Å². The Morgan fingerprint density at radius 2 is 1.54 bits per heavy atom. The number of rotatable bonds is 14. The van der Waals surface area contributed by atoms with E-state index in [0.717, 1.165) is 82.6 Å². The molecule has 0 atom stereocenters. The fourth-order valence-corrected chi connectivity index (χ4v) is 6.86. The molecule has 1 fully saturated rings. The molecule has 0 aliphatic carbocycles. The highest BCUT2D eigenvalue weighted by Crippen LogP contribution is 2.48. The molecule has 3 aromatic rings. The Morgan fingerprint density at radius 1 is 0.805 bits per heavy atom. The molecule has 7 heteroatoms. The number of hydrogen-bond acceptors (Lipinski definition) is 6. The van der Waals surface area contributed by atoms with E-state index >= 15 is 0 Å². The predicted octanol–water partition coefficient (Wildman–Crippen LogP) is 7.35. The lowest BCUT2D eigenvalue weighted by Gasteiger charge is -2.36. The molecule has 0 bridgehead atoms. The van der Waals surface area contributed by atoms with Crippen molar-refractivity contribution in [2.75, 3.05) is 63.9 Å². The second-order valence-corrected chi connectivity index (χ2v) is 12.9. The molecule has 220 valence electrons. The number of anilines is 2. The van der Waals surface area contributed by atoms with Crippen LogP contribution in [0.3, 0.4) is 0 Å². The van der Waals surface area contributed by atoms with Gasteiger partial charge in [0.05, 0.1) is 11.4 Å². The summed E-state index contributed by atoms with van der Waals surface area (Å²) < 4.78 is 6.08. The molecule has 0 saturated carbocycles. The summed E-state index contributed by atoms with van der Waals surface area (Å²) in [5.74, 6) is 0.981. The molecule has 5 rings (SSSR count). The van der Waals surface area contributed by atoms with Crippen LogP contribution in [0.4, 0.5) is 11.4 Å². The van der Waals surface area contributed by atoms with E-state index in [9.17, 15) is 0 Å². The number of nitrogens with zero attached hydrogens (tertiary/aromatic N) is 3. The Labute approximate surface area is 256 Å². The van der Waals surface area contributed by atoms with Crippen LogP contribution in [0.2, 0.25) is 5.02 Å². The zero-order chi connectivity index (χ0) is 28.4. The van der Waals surface area contributed by atoms with E-state index in [-0.39, 0.29) is 0 Å². The van der Waals surface area contributed by atoms with Gasteiger partial charge in [-0.25, -0.2) is 0 Å². The summed E-state index contributed by atoms with van der Waals surface area (Å²) in [6.07, 6.45) is 4.70. The van der Waals surface area contributed by atoms with Gasteiger partial charge in [0.1, 0.15) is 12.4 Å². The van der Waals surface area contributed by atoms with Crippen molar-refractivity contribution >= 4 is 34.7 Å². The van der Waals surface area contributed by atoms with Gasteiger partial charge in [-0.15, -0.1) is 0 Å². The molecule has 5 nitrogen and oxygen atoms in total. The molecule has 2 aliphatic rings. The first-order valence-corrected chi connectivity index (χ1v) is 16.5. The van der Waals surface area contributed by atoms with Crippen LogP contribution in [0.25, 0.3) is 0 Å². The first-order chi connectivity index (χ1) is 20.0. The van der Waals surface area contributed by atoms with Crippen LogP contribution >= 0.6 is 23.4 Å². The maximum atomic E-state index is 6.39. The minimum absolute atomic E-state index is 0.573. The number of fused-ring (bicyclic) bond motifs is 2. The highest BCUT2D eigenvalue weighted by Gasteiger charge is 2.24. The summed E-state index contributed by atoms with van der Waals surface area (Å²) >= 11 is 8.23. The molecule has 0 radical (unpaired) electrons. The van der Waals surface area contributed by atoms with Crippen molar-refractivity contribution in [2.45, 2.75) is 55.4 Å².